The van der Waals surface area contributed by atoms with Crippen LogP contribution < -0.4 is 10.2 Å². The topological polar surface area (TPSA) is 35.5 Å². The Bertz CT molecular complexity index is 849. The van der Waals surface area contributed by atoms with Crippen molar-refractivity contribution < 1.29 is 5.11 Å². The van der Waals surface area contributed by atoms with Crippen molar-refractivity contribution in [3.63, 3.8) is 0 Å². The fourth-order valence-corrected chi connectivity index (χ4v) is 4.26. The summed E-state index contributed by atoms with van der Waals surface area (Å²) >= 11 is 1.79. The first-order valence-electron chi connectivity index (χ1n) is 8.83. The smallest absolute Gasteiger partial charge is 0.0891 e. The molecule has 3 nitrogen and oxygen atoms in total. The Kier molecular flexibility index (Phi) is 4.87. The van der Waals surface area contributed by atoms with E-state index in [9.17, 15) is 5.11 Å². The molecule has 2 N–H and O–H groups in total. The van der Waals surface area contributed by atoms with Gasteiger partial charge >= 0.3 is 0 Å². The monoisotopic (exact) mass is 362 g/mol. The minimum atomic E-state index is -0.486. The molecule has 1 heterocycles. The summed E-state index contributed by atoms with van der Waals surface area (Å²) in [5, 5.41) is 14.0. The molecule has 3 aromatic carbocycles. The van der Waals surface area contributed by atoms with E-state index < -0.39 is 6.10 Å². The Hall–Kier alpha value is -2.43. The molecule has 3 aromatic rings. The quantitative estimate of drug-likeness (QED) is 0.664. The molecule has 26 heavy (non-hydrogen) atoms. The number of aliphatic hydroxyl groups excluding tert-OH is 1. The van der Waals surface area contributed by atoms with E-state index in [2.05, 4.69) is 77.8 Å². The molecule has 132 valence electrons. The lowest BCUT2D eigenvalue weighted by molar-refractivity contribution is 0.195. The molecule has 0 bridgehead atoms. The lowest BCUT2D eigenvalue weighted by Gasteiger charge is -2.34. The first-order chi connectivity index (χ1) is 12.7. The Morgan fingerprint density at radius 1 is 0.885 bits per heavy atom. The highest BCUT2D eigenvalue weighted by atomic mass is 32.2. The lowest BCUT2D eigenvalue weighted by Crippen LogP contribution is -2.34. The van der Waals surface area contributed by atoms with Gasteiger partial charge in [0.2, 0.25) is 0 Å². The second-order valence-corrected chi connectivity index (χ2v) is 7.63. The molecular weight excluding hydrogens is 340 g/mol. The summed E-state index contributed by atoms with van der Waals surface area (Å²) in [6.07, 6.45) is -0.486. The molecule has 0 fully saturated rings. The molecule has 0 saturated carbocycles. The zero-order valence-corrected chi connectivity index (χ0v) is 15.5. The summed E-state index contributed by atoms with van der Waals surface area (Å²) in [4.78, 5) is 4.68. The van der Waals surface area contributed by atoms with Crippen LogP contribution in [0.2, 0.25) is 0 Å². The standard InChI is InChI=1S/C22H22N2OS/c1-16-10-12-17(13-11-16)23-14-18(25)15-24-19-6-2-4-8-21(19)26-22-9-5-3-7-20(22)24/h2-13,18,23,25H,14-15H2,1H3/t18-/m0/s1. The van der Waals surface area contributed by atoms with Gasteiger partial charge in [-0.15, -0.1) is 0 Å². The number of anilines is 3. The van der Waals surface area contributed by atoms with Crippen molar-refractivity contribution in [1.29, 1.82) is 0 Å². The van der Waals surface area contributed by atoms with Gasteiger partial charge in [-0.3, -0.25) is 0 Å². The molecule has 0 aromatic heterocycles. The van der Waals surface area contributed by atoms with Crippen LogP contribution in [0.1, 0.15) is 5.56 Å². The highest BCUT2D eigenvalue weighted by molar-refractivity contribution is 7.99. The van der Waals surface area contributed by atoms with Crippen LogP contribution in [-0.4, -0.2) is 24.3 Å². The van der Waals surface area contributed by atoms with Gasteiger partial charge in [0, 0.05) is 22.0 Å². The zero-order chi connectivity index (χ0) is 17.9. The number of hydrogen-bond acceptors (Lipinski definition) is 4. The first kappa shape index (κ1) is 17.0. The third-order valence-corrected chi connectivity index (χ3v) is 5.65. The Morgan fingerprint density at radius 3 is 2.08 bits per heavy atom. The highest BCUT2D eigenvalue weighted by Crippen LogP contribution is 2.47. The van der Waals surface area contributed by atoms with Crippen LogP contribution in [0.5, 0.6) is 0 Å². The predicted octanol–water partition coefficient (Wildman–Crippen LogP) is 5.07. The van der Waals surface area contributed by atoms with E-state index in [0.29, 0.717) is 13.1 Å². The summed E-state index contributed by atoms with van der Waals surface area (Å²) in [6.45, 7) is 3.13. The maximum Gasteiger partial charge on any atom is 0.0891 e. The fourth-order valence-electron chi connectivity index (χ4n) is 3.16. The van der Waals surface area contributed by atoms with E-state index in [1.54, 1.807) is 11.8 Å². The van der Waals surface area contributed by atoms with E-state index in [1.165, 1.54) is 15.4 Å². The maximum atomic E-state index is 10.7. The fraction of sp³-hybridized carbons (Fsp3) is 0.182. The first-order valence-corrected chi connectivity index (χ1v) is 9.64. The van der Waals surface area contributed by atoms with Crippen LogP contribution in [0.15, 0.2) is 82.6 Å². The van der Waals surface area contributed by atoms with Crippen molar-refractivity contribution in [2.24, 2.45) is 0 Å². The molecule has 4 rings (SSSR count). The molecule has 1 atom stereocenters. The second kappa shape index (κ2) is 7.44. The average molecular weight is 362 g/mol. The number of benzene rings is 3. The van der Waals surface area contributed by atoms with Gasteiger partial charge in [-0.1, -0.05) is 53.7 Å². The van der Waals surface area contributed by atoms with Crippen molar-refractivity contribution in [3.05, 3.63) is 78.4 Å². The molecule has 1 aliphatic rings. The van der Waals surface area contributed by atoms with Gasteiger partial charge in [-0.2, -0.15) is 0 Å². The van der Waals surface area contributed by atoms with Crippen molar-refractivity contribution in [2.75, 3.05) is 23.3 Å². The lowest BCUT2D eigenvalue weighted by atomic mass is 10.2. The molecule has 0 saturated heterocycles. The van der Waals surface area contributed by atoms with Crippen LogP contribution in [-0.2, 0) is 0 Å². The van der Waals surface area contributed by atoms with E-state index in [1.807, 2.05) is 12.1 Å². The summed E-state index contributed by atoms with van der Waals surface area (Å²) in [6, 6.07) is 25.0. The van der Waals surface area contributed by atoms with Gasteiger partial charge in [0.25, 0.3) is 0 Å². The predicted molar refractivity (Wildman–Crippen MR) is 110 cm³/mol. The van der Waals surface area contributed by atoms with E-state index in [0.717, 1.165) is 17.1 Å². The van der Waals surface area contributed by atoms with Gasteiger partial charge < -0.3 is 15.3 Å². The average Bonchev–Trinajstić information content (AvgIpc) is 2.67. The summed E-state index contributed by atoms with van der Waals surface area (Å²) in [5.41, 5.74) is 4.58. The van der Waals surface area contributed by atoms with Crippen molar-refractivity contribution in [1.82, 2.24) is 0 Å². The van der Waals surface area contributed by atoms with Crippen LogP contribution in [0.25, 0.3) is 0 Å². The Labute approximate surface area is 158 Å². The number of β-amino-alcohol motifs (C(OH)–C–C–N with tert-alkyl or cyclic N) is 1. The third kappa shape index (κ3) is 3.57. The maximum absolute atomic E-state index is 10.7. The number of rotatable bonds is 5. The molecule has 0 spiro atoms. The van der Waals surface area contributed by atoms with Crippen LogP contribution in [0.3, 0.4) is 0 Å². The van der Waals surface area contributed by atoms with Crippen LogP contribution in [0, 0.1) is 6.92 Å². The highest BCUT2D eigenvalue weighted by Gasteiger charge is 2.24. The number of nitrogens with zero attached hydrogens (tertiary/aromatic N) is 1. The second-order valence-electron chi connectivity index (χ2n) is 6.55. The van der Waals surface area contributed by atoms with Gasteiger partial charge in [-0.25, -0.2) is 0 Å². The summed E-state index contributed by atoms with van der Waals surface area (Å²) in [5.74, 6) is 0. The number of fused-ring (bicyclic) bond motifs is 2. The van der Waals surface area contributed by atoms with E-state index >= 15 is 0 Å². The van der Waals surface area contributed by atoms with Gasteiger partial charge in [0.15, 0.2) is 0 Å². The van der Waals surface area contributed by atoms with E-state index in [4.69, 9.17) is 0 Å². The molecule has 4 heteroatoms. The normalized spacial score (nSPS) is 13.7. The molecule has 1 aliphatic heterocycles. The summed E-state index contributed by atoms with van der Waals surface area (Å²) in [7, 11) is 0. The number of hydrogen-bond donors (Lipinski definition) is 2. The molecule has 0 radical (unpaired) electrons. The molecule has 0 amide bonds. The van der Waals surface area contributed by atoms with Crippen LogP contribution >= 0.6 is 11.8 Å². The zero-order valence-electron chi connectivity index (χ0n) is 14.7. The number of nitrogens with one attached hydrogen (secondary N) is 1. The minimum absolute atomic E-state index is 0.486. The number of aliphatic hydroxyl groups is 1. The van der Waals surface area contributed by atoms with Gasteiger partial charge in [-0.05, 0) is 43.3 Å². The van der Waals surface area contributed by atoms with Crippen LogP contribution in [0.4, 0.5) is 17.1 Å². The Morgan fingerprint density at radius 2 is 1.46 bits per heavy atom. The van der Waals surface area contributed by atoms with Gasteiger partial charge in [0.1, 0.15) is 0 Å². The third-order valence-electron chi connectivity index (χ3n) is 4.52. The molecule has 0 unspecified atom stereocenters. The van der Waals surface area contributed by atoms with Crippen molar-refractivity contribution >= 4 is 28.8 Å². The van der Waals surface area contributed by atoms with Crippen molar-refractivity contribution in [3.8, 4) is 0 Å². The molecule has 0 aliphatic carbocycles. The largest absolute Gasteiger partial charge is 0.389 e. The molecular formula is C22H22N2OS. The SMILES string of the molecule is Cc1ccc(NC[C@H](O)CN2c3ccccc3Sc3ccccc32)cc1. The minimum Gasteiger partial charge on any atom is -0.389 e. The summed E-state index contributed by atoms with van der Waals surface area (Å²) < 4.78 is 0. The van der Waals surface area contributed by atoms with E-state index in [-0.39, 0.29) is 0 Å². The number of para-hydroxylation sites is 2. The number of aryl methyl sites for hydroxylation is 1. The van der Waals surface area contributed by atoms with Gasteiger partial charge in [0.05, 0.1) is 24.0 Å². The van der Waals surface area contributed by atoms with Crippen molar-refractivity contribution in [2.45, 2.75) is 22.8 Å². The Balaban J connectivity index is 1.51.